The Balaban J connectivity index is 2.20. The second kappa shape index (κ2) is 5.61. The van der Waals surface area contributed by atoms with Crippen LogP contribution >= 0.6 is 0 Å². The van der Waals surface area contributed by atoms with Gasteiger partial charge in [0.2, 0.25) is 0 Å². The summed E-state index contributed by atoms with van der Waals surface area (Å²) in [5.74, 6) is 0.0389. The zero-order valence-corrected chi connectivity index (χ0v) is 12.2. The Morgan fingerprint density at radius 1 is 1.26 bits per heavy atom. The number of hydrogen-bond donors (Lipinski definition) is 1. The highest BCUT2D eigenvalue weighted by Gasteiger charge is 2.34. The highest BCUT2D eigenvalue weighted by atomic mass is 32.2. The second-order valence-electron chi connectivity index (χ2n) is 5.37. The molecule has 0 aliphatic carbocycles. The van der Waals surface area contributed by atoms with Crippen molar-refractivity contribution >= 4 is 9.84 Å². The van der Waals surface area contributed by atoms with E-state index in [9.17, 15) is 8.42 Å². The Morgan fingerprint density at radius 2 is 1.89 bits per heavy atom. The van der Waals surface area contributed by atoms with Crippen LogP contribution in [0, 0.1) is 13.8 Å². The molecule has 4 nitrogen and oxygen atoms in total. The monoisotopic (exact) mass is 283 g/mol. The average Bonchev–Trinajstić information content (AvgIpc) is 2.26. The van der Waals surface area contributed by atoms with Crippen molar-refractivity contribution in [1.82, 2.24) is 0 Å². The van der Waals surface area contributed by atoms with Gasteiger partial charge >= 0.3 is 0 Å². The highest BCUT2D eigenvalue weighted by Crippen LogP contribution is 2.20. The van der Waals surface area contributed by atoms with E-state index in [4.69, 9.17) is 10.5 Å². The zero-order valence-electron chi connectivity index (χ0n) is 11.4. The van der Waals surface area contributed by atoms with Crippen molar-refractivity contribution in [3.8, 4) is 0 Å². The number of nitrogens with two attached hydrogens (primary N) is 1. The smallest absolute Gasteiger partial charge is 0.161 e. The minimum Gasteiger partial charge on any atom is -0.380 e. The molecule has 19 heavy (non-hydrogen) atoms. The summed E-state index contributed by atoms with van der Waals surface area (Å²) in [5, 5.41) is -0.581. The molecule has 0 saturated carbocycles. The quantitative estimate of drug-likeness (QED) is 0.908. The minimum absolute atomic E-state index is 0.0389. The predicted octanol–water partition coefficient (Wildman–Crippen LogP) is 1.33. The Labute approximate surface area is 114 Å². The first-order valence-corrected chi connectivity index (χ1v) is 8.22. The summed E-state index contributed by atoms with van der Waals surface area (Å²) in [7, 11) is -3.27. The van der Waals surface area contributed by atoms with Gasteiger partial charge in [0, 0.05) is 12.6 Å². The van der Waals surface area contributed by atoms with Crippen LogP contribution in [0.15, 0.2) is 18.2 Å². The molecule has 2 rings (SSSR count). The molecular weight excluding hydrogens is 262 g/mol. The molecule has 0 bridgehead atoms. The lowest BCUT2D eigenvalue weighted by Gasteiger charge is -2.28. The second-order valence-corrected chi connectivity index (χ2v) is 7.59. The molecule has 1 saturated heterocycles. The maximum atomic E-state index is 12.4. The third kappa shape index (κ3) is 3.55. The SMILES string of the molecule is Cc1cc(C)cc(CS(=O)(=O)C2COCCC2N)c1. The van der Waals surface area contributed by atoms with Crippen molar-refractivity contribution in [2.24, 2.45) is 5.73 Å². The van der Waals surface area contributed by atoms with Crippen molar-refractivity contribution in [2.45, 2.75) is 37.3 Å². The first-order valence-electron chi connectivity index (χ1n) is 6.50. The van der Waals surface area contributed by atoms with Crippen LogP contribution in [0.4, 0.5) is 0 Å². The van der Waals surface area contributed by atoms with E-state index >= 15 is 0 Å². The van der Waals surface area contributed by atoms with Crippen LogP contribution in [0.3, 0.4) is 0 Å². The van der Waals surface area contributed by atoms with Gasteiger partial charge in [0.15, 0.2) is 9.84 Å². The molecule has 2 N–H and O–H groups in total. The number of hydrogen-bond acceptors (Lipinski definition) is 4. The van der Waals surface area contributed by atoms with E-state index in [1.54, 1.807) is 0 Å². The van der Waals surface area contributed by atoms with Crippen molar-refractivity contribution in [1.29, 1.82) is 0 Å². The van der Waals surface area contributed by atoms with E-state index in [-0.39, 0.29) is 18.4 Å². The molecule has 1 heterocycles. The lowest BCUT2D eigenvalue weighted by atomic mass is 10.1. The summed E-state index contributed by atoms with van der Waals surface area (Å²) in [4.78, 5) is 0. The molecular formula is C14H21NO3S. The molecule has 106 valence electrons. The third-order valence-electron chi connectivity index (χ3n) is 3.47. The largest absolute Gasteiger partial charge is 0.380 e. The maximum Gasteiger partial charge on any atom is 0.161 e. The first-order chi connectivity index (χ1) is 8.88. The highest BCUT2D eigenvalue weighted by molar-refractivity contribution is 7.91. The molecule has 2 atom stereocenters. The number of benzene rings is 1. The number of rotatable bonds is 3. The Kier molecular flexibility index (Phi) is 4.28. The summed E-state index contributed by atoms with van der Waals surface area (Å²) in [6.07, 6.45) is 0.608. The lowest BCUT2D eigenvalue weighted by molar-refractivity contribution is 0.0891. The summed E-state index contributed by atoms with van der Waals surface area (Å²) < 4.78 is 30.1. The third-order valence-corrected chi connectivity index (χ3v) is 5.61. The van der Waals surface area contributed by atoms with Crippen molar-refractivity contribution in [3.05, 3.63) is 34.9 Å². The predicted molar refractivity (Wildman–Crippen MR) is 75.7 cm³/mol. The van der Waals surface area contributed by atoms with Crippen molar-refractivity contribution < 1.29 is 13.2 Å². The van der Waals surface area contributed by atoms with Gasteiger partial charge in [-0.25, -0.2) is 8.42 Å². The van der Waals surface area contributed by atoms with Gasteiger partial charge in [0.05, 0.1) is 12.4 Å². The standard InChI is InChI=1S/C14H21NO3S/c1-10-5-11(2)7-12(6-10)9-19(16,17)14-8-18-4-3-13(14)15/h5-7,13-14H,3-4,8-9,15H2,1-2H3. The molecule has 1 fully saturated rings. The molecule has 5 heteroatoms. The first kappa shape index (κ1) is 14.5. The normalized spacial score (nSPS) is 24.4. The molecule has 2 unspecified atom stereocenters. The molecule has 1 aromatic rings. The van der Waals surface area contributed by atoms with Gasteiger partial charge in [-0.15, -0.1) is 0 Å². The molecule has 1 aliphatic rings. The summed E-state index contributed by atoms with van der Waals surface area (Å²) in [6.45, 7) is 4.71. The molecule has 1 aromatic carbocycles. The van der Waals surface area contributed by atoms with E-state index in [1.165, 1.54) is 0 Å². The van der Waals surface area contributed by atoms with E-state index in [0.717, 1.165) is 16.7 Å². The van der Waals surface area contributed by atoms with Crippen LogP contribution in [0.2, 0.25) is 0 Å². The van der Waals surface area contributed by atoms with Crippen LogP contribution in [0.25, 0.3) is 0 Å². The Morgan fingerprint density at radius 3 is 2.47 bits per heavy atom. The fourth-order valence-electron chi connectivity index (χ4n) is 2.59. The van der Waals surface area contributed by atoms with E-state index in [0.29, 0.717) is 13.0 Å². The van der Waals surface area contributed by atoms with E-state index in [1.807, 2.05) is 32.0 Å². The van der Waals surface area contributed by atoms with Gasteiger partial charge in [0.1, 0.15) is 5.25 Å². The van der Waals surface area contributed by atoms with Gasteiger partial charge < -0.3 is 10.5 Å². The summed E-state index contributed by atoms with van der Waals surface area (Å²) in [6, 6.07) is 5.55. The van der Waals surface area contributed by atoms with Gasteiger partial charge in [-0.2, -0.15) is 0 Å². The summed E-state index contributed by atoms with van der Waals surface area (Å²) in [5.41, 5.74) is 8.90. The van der Waals surface area contributed by atoms with Crippen LogP contribution < -0.4 is 5.73 Å². The molecule has 0 spiro atoms. The van der Waals surface area contributed by atoms with Gasteiger partial charge in [0.25, 0.3) is 0 Å². The number of aryl methyl sites for hydroxylation is 2. The molecule has 1 aliphatic heterocycles. The van der Waals surface area contributed by atoms with Gasteiger partial charge in [-0.05, 0) is 25.8 Å². The van der Waals surface area contributed by atoms with E-state index < -0.39 is 15.1 Å². The number of ether oxygens (including phenoxy) is 1. The Bertz CT molecular complexity index is 534. The lowest BCUT2D eigenvalue weighted by Crippen LogP contribution is -2.48. The minimum atomic E-state index is -3.27. The van der Waals surface area contributed by atoms with Crippen molar-refractivity contribution in [3.63, 3.8) is 0 Å². The van der Waals surface area contributed by atoms with Crippen molar-refractivity contribution in [2.75, 3.05) is 13.2 Å². The van der Waals surface area contributed by atoms with Crippen LogP contribution in [-0.2, 0) is 20.3 Å². The number of sulfone groups is 1. The Hall–Kier alpha value is -0.910. The fraction of sp³-hybridized carbons (Fsp3) is 0.571. The average molecular weight is 283 g/mol. The maximum absolute atomic E-state index is 12.4. The molecule has 0 radical (unpaired) electrons. The molecule has 0 aromatic heterocycles. The van der Waals surface area contributed by atoms with Crippen LogP contribution in [0.5, 0.6) is 0 Å². The van der Waals surface area contributed by atoms with E-state index in [2.05, 4.69) is 0 Å². The zero-order chi connectivity index (χ0) is 14.0. The fourth-order valence-corrected chi connectivity index (χ4v) is 4.41. The molecule has 0 amide bonds. The van der Waals surface area contributed by atoms with Gasteiger partial charge in [-0.1, -0.05) is 29.3 Å². The van der Waals surface area contributed by atoms with Crippen LogP contribution in [-0.4, -0.2) is 32.9 Å². The van der Waals surface area contributed by atoms with Gasteiger partial charge in [-0.3, -0.25) is 0 Å². The van der Waals surface area contributed by atoms with Crippen LogP contribution in [0.1, 0.15) is 23.1 Å². The summed E-state index contributed by atoms with van der Waals surface area (Å²) >= 11 is 0. The topological polar surface area (TPSA) is 69.4 Å².